The number of rotatable bonds is 2. The molecule has 0 saturated heterocycles. The molecule has 0 atom stereocenters. The lowest BCUT2D eigenvalue weighted by Crippen LogP contribution is -2.15. The standard InChI is InChI=1S/C11H12N2O3/c1-8(14)13-12-7-9-2-3-10-11(6-9)16-5-4-15-10/h2-3,6-7H,4-5H2,1H3,(H,13,14)/b12-7-. The van der Waals surface area contributed by atoms with Crippen LogP contribution in [-0.2, 0) is 4.79 Å². The van der Waals surface area contributed by atoms with Gasteiger partial charge in [-0.15, -0.1) is 0 Å². The average molecular weight is 220 g/mol. The van der Waals surface area contributed by atoms with Gasteiger partial charge in [0.25, 0.3) is 0 Å². The minimum atomic E-state index is -0.200. The van der Waals surface area contributed by atoms with Crippen LogP contribution in [0.25, 0.3) is 0 Å². The summed E-state index contributed by atoms with van der Waals surface area (Å²) in [5.74, 6) is 1.25. The second-order valence-corrected chi connectivity index (χ2v) is 3.33. The third-order valence-electron chi connectivity index (χ3n) is 2.00. The molecule has 1 N–H and O–H groups in total. The van der Waals surface area contributed by atoms with Crippen molar-refractivity contribution in [1.29, 1.82) is 0 Å². The van der Waals surface area contributed by atoms with Gasteiger partial charge in [-0.25, -0.2) is 5.43 Å². The van der Waals surface area contributed by atoms with E-state index in [2.05, 4.69) is 10.5 Å². The van der Waals surface area contributed by atoms with Gasteiger partial charge in [-0.05, 0) is 23.8 Å². The van der Waals surface area contributed by atoms with Crippen molar-refractivity contribution in [2.75, 3.05) is 13.2 Å². The number of amides is 1. The fourth-order valence-electron chi connectivity index (χ4n) is 1.34. The first kappa shape index (κ1) is 10.5. The molecule has 0 aliphatic carbocycles. The molecule has 0 bridgehead atoms. The number of carbonyl (C=O) groups is 1. The Morgan fingerprint density at radius 2 is 2.12 bits per heavy atom. The number of nitrogens with zero attached hydrogens (tertiary/aromatic N) is 1. The van der Waals surface area contributed by atoms with Gasteiger partial charge in [0.2, 0.25) is 5.91 Å². The Hall–Kier alpha value is -2.04. The van der Waals surface area contributed by atoms with Gasteiger partial charge in [0.1, 0.15) is 13.2 Å². The van der Waals surface area contributed by atoms with Crippen molar-refractivity contribution in [3.8, 4) is 11.5 Å². The number of hydrogen-bond donors (Lipinski definition) is 1. The Morgan fingerprint density at radius 1 is 1.38 bits per heavy atom. The van der Waals surface area contributed by atoms with Crippen LogP contribution in [-0.4, -0.2) is 25.3 Å². The summed E-state index contributed by atoms with van der Waals surface area (Å²) in [6, 6.07) is 5.49. The zero-order valence-corrected chi connectivity index (χ0v) is 8.90. The van der Waals surface area contributed by atoms with Crippen LogP contribution in [0.1, 0.15) is 12.5 Å². The molecule has 84 valence electrons. The minimum Gasteiger partial charge on any atom is -0.486 e. The molecule has 0 fully saturated rings. The van der Waals surface area contributed by atoms with Crippen molar-refractivity contribution < 1.29 is 14.3 Å². The van der Waals surface area contributed by atoms with Gasteiger partial charge in [0.15, 0.2) is 11.5 Å². The third-order valence-corrected chi connectivity index (χ3v) is 2.00. The molecule has 2 rings (SSSR count). The van der Waals surface area contributed by atoms with Crippen molar-refractivity contribution in [1.82, 2.24) is 5.43 Å². The predicted octanol–water partition coefficient (Wildman–Crippen LogP) is 0.928. The molecule has 0 spiro atoms. The highest BCUT2D eigenvalue weighted by atomic mass is 16.6. The Labute approximate surface area is 93.1 Å². The zero-order chi connectivity index (χ0) is 11.4. The lowest BCUT2D eigenvalue weighted by Gasteiger charge is -2.18. The van der Waals surface area contributed by atoms with Gasteiger partial charge in [0.05, 0.1) is 6.21 Å². The van der Waals surface area contributed by atoms with Crippen LogP contribution in [0, 0.1) is 0 Å². The molecule has 5 nitrogen and oxygen atoms in total. The monoisotopic (exact) mass is 220 g/mol. The summed E-state index contributed by atoms with van der Waals surface area (Å²) in [5.41, 5.74) is 3.18. The van der Waals surface area contributed by atoms with E-state index in [1.807, 2.05) is 18.2 Å². The predicted molar refractivity (Wildman–Crippen MR) is 58.8 cm³/mol. The molecular weight excluding hydrogens is 208 g/mol. The maximum absolute atomic E-state index is 10.6. The van der Waals surface area contributed by atoms with E-state index in [0.29, 0.717) is 19.0 Å². The normalized spacial score (nSPS) is 13.8. The lowest BCUT2D eigenvalue weighted by molar-refractivity contribution is -0.118. The Morgan fingerprint density at radius 3 is 2.88 bits per heavy atom. The van der Waals surface area contributed by atoms with Crippen LogP contribution >= 0.6 is 0 Å². The van der Waals surface area contributed by atoms with Crippen LogP contribution < -0.4 is 14.9 Å². The van der Waals surface area contributed by atoms with Crippen molar-refractivity contribution in [3.63, 3.8) is 0 Å². The molecule has 5 heteroatoms. The summed E-state index contributed by atoms with van der Waals surface area (Å²) in [4.78, 5) is 10.6. The maximum Gasteiger partial charge on any atom is 0.236 e. The largest absolute Gasteiger partial charge is 0.486 e. The molecule has 1 amide bonds. The summed E-state index contributed by atoms with van der Waals surface area (Å²) in [5, 5.41) is 3.77. The number of nitrogens with one attached hydrogen (secondary N) is 1. The molecule has 1 aliphatic rings. The molecule has 16 heavy (non-hydrogen) atoms. The number of hydrazone groups is 1. The first-order valence-corrected chi connectivity index (χ1v) is 4.95. The van der Waals surface area contributed by atoms with E-state index < -0.39 is 0 Å². The number of fused-ring (bicyclic) bond motifs is 1. The van der Waals surface area contributed by atoms with Gasteiger partial charge in [0, 0.05) is 6.92 Å². The Bertz CT molecular complexity index is 429. The van der Waals surface area contributed by atoms with Crippen LogP contribution in [0.15, 0.2) is 23.3 Å². The van der Waals surface area contributed by atoms with Gasteiger partial charge < -0.3 is 9.47 Å². The topological polar surface area (TPSA) is 59.9 Å². The Balaban J connectivity index is 2.11. The number of ether oxygens (including phenoxy) is 2. The second-order valence-electron chi connectivity index (χ2n) is 3.33. The molecular formula is C11H12N2O3. The van der Waals surface area contributed by atoms with Crippen LogP contribution in [0.5, 0.6) is 11.5 Å². The fourth-order valence-corrected chi connectivity index (χ4v) is 1.34. The van der Waals surface area contributed by atoms with Crippen molar-refractivity contribution in [2.45, 2.75) is 6.92 Å². The number of benzene rings is 1. The molecule has 1 aliphatic heterocycles. The maximum atomic E-state index is 10.6. The molecule has 1 aromatic rings. The molecule has 0 radical (unpaired) electrons. The van der Waals surface area contributed by atoms with E-state index >= 15 is 0 Å². The average Bonchev–Trinajstić information content (AvgIpc) is 2.28. The summed E-state index contributed by atoms with van der Waals surface area (Å²) >= 11 is 0. The SMILES string of the molecule is CC(=O)N/N=C\c1ccc2c(c1)OCCO2. The van der Waals surface area contributed by atoms with Crippen molar-refractivity contribution in [3.05, 3.63) is 23.8 Å². The Kier molecular flexibility index (Phi) is 3.05. The van der Waals surface area contributed by atoms with E-state index in [1.54, 1.807) is 6.21 Å². The second kappa shape index (κ2) is 4.65. The van der Waals surface area contributed by atoms with Crippen molar-refractivity contribution in [2.24, 2.45) is 5.10 Å². The van der Waals surface area contributed by atoms with E-state index in [1.165, 1.54) is 6.92 Å². The number of hydrogen-bond acceptors (Lipinski definition) is 4. The van der Waals surface area contributed by atoms with E-state index in [0.717, 1.165) is 11.3 Å². The summed E-state index contributed by atoms with van der Waals surface area (Å²) in [6.07, 6.45) is 1.56. The molecule has 1 aromatic carbocycles. The summed E-state index contributed by atoms with van der Waals surface area (Å²) in [6.45, 7) is 2.53. The molecule has 0 aromatic heterocycles. The third kappa shape index (κ3) is 2.50. The van der Waals surface area contributed by atoms with Gasteiger partial charge in [-0.1, -0.05) is 0 Å². The van der Waals surface area contributed by atoms with Gasteiger partial charge in [-0.2, -0.15) is 5.10 Å². The quantitative estimate of drug-likeness (QED) is 0.595. The smallest absolute Gasteiger partial charge is 0.236 e. The highest BCUT2D eigenvalue weighted by Gasteiger charge is 2.10. The van der Waals surface area contributed by atoms with Crippen LogP contribution in [0.4, 0.5) is 0 Å². The summed E-state index contributed by atoms with van der Waals surface area (Å²) < 4.78 is 10.8. The van der Waals surface area contributed by atoms with Gasteiger partial charge in [-0.3, -0.25) is 4.79 Å². The van der Waals surface area contributed by atoms with Crippen molar-refractivity contribution >= 4 is 12.1 Å². The highest BCUT2D eigenvalue weighted by Crippen LogP contribution is 2.30. The first-order chi connectivity index (χ1) is 7.75. The first-order valence-electron chi connectivity index (χ1n) is 4.95. The summed E-state index contributed by atoms with van der Waals surface area (Å²) in [7, 11) is 0. The molecule has 0 unspecified atom stereocenters. The molecule has 1 heterocycles. The van der Waals surface area contributed by atoms with E-state index in [-0.39, 0.29) is 5.91 Å². The van der Waals surface area contributed by atoms with E-state index in [4.69, 9.17) is 9.47 Å². The highest BCUT2D eigenvalue weighted by molar-refractivity contribution is 5.82. The molecule has 0 saturated carbocycles. The lowest BCUT2D eigenvalue weighted by atomic mass is 10.2. The fraction of sp³-hybridized carbons (Fsp3) is 0.273. The van der Waals surface area contributed by atoms with Crippen LogP contribution in [0.3, 0.4) is 0 Å². The van der Waals surface area contributed by atoms with Crippen LogP contribution in [0.2, 0.25) is 0 Å². The minimum absolute atomic E-state index is 0.200. The zero-order valence-electron chi connectivity index (χ0n) is 8.90. The van der Waals surface area contributed by atoms with E-state index in [9.17, 15) is 4.79 Å². The van der Waals surface area contributed by atoms with Gasteiger partial charge >= 0.3 is 0 Å². The number of carbonyl (C=O) groups excluding carboxylic acids is 1.